The number of hydrogen-bond donors (Lipinski definition) is 1. The molecule has 1 unspecified atom stereocenters. The second kappa shape index (κ2) is 8.29. The van der Waals surface area contributed by atoms with Gasteiger partial charge in [0.05, 0.1) is 12.7 Å². The Morgan fingerprint density at radius 1 is 1.35 bits per heavy atom. The highest BCUT2D eigenvalue weighted by molar-refractivity contribution is 5.83. The van der Waals surface area contributed by atoms with E-state index in [1.165, 1.54) is 37.9 Å². The smallest absolute Gasteiger partial charge is 0.100 e. The van der Waals surface area contributed by atoms with Gasteiger partial charge < -0.3 is 10.6 Å². The molecular formula is C14H27N3. The van der Waals surface area contributed by atoms with Crippen LogP contribution in [0, 0.1) is 0 Å². The summed E-state index contributed by atoms with van der Waals surface area (Å²) in [4.78, 5) is 6.76. The van der Waals surface area contributed by atoms with Crippen molar-refractivity contribution in [3.05, 3.63) is 12.2 Å². The first-order valence-corrected chi connectivity index (χ1v) is 6.96. The second-order valence-electron chi connectivity index (χ2n) is 4.74. The average Bonchev–Trinajstić information content (AvgIpc) is 2.76. The molecule has 0 bridgehead atoms. The molecule has 0 radical (unpaired) electrons. The van der Waals surface area contributed by atoms with Gasteiger partial charge in [-0.2, -0.15) is 0 Å². The van der Waals surface area contributed by atoms with E-state index in [1.54, 1.807) is 0 Å². The third-order valence-electron chi connectivity index (χ3n) is 3.10. The predicted octanol–water partition coefficient (Wildman–Crippen LogP) is 2.92. The Balaban J connectivity index is 2.10. The molecule has 0 aromatic heterocycles. The van der Waals surface area contributed by atoms with Crippen molar-refractivity contribution in [2.45, 2.75) is 58.5 Å². The molecule has 0 saturated heterocycles. The van der Waals surface area contributed by atoms with Crippen LogP contribution in [-0.2, 0) is 0 Å². The maximum Gasteiger partial charge on any atom is 0.100 e. The van der Waals surface area contributed by atoms with Gasteiger partial charge in [0, 0.05) is 13.0 Å². The molecule has 17 heavy (non-hydrogen) atoms. The van der Waals surface area contributed by atoms with Gasteiger partial charge in [-0.3, -0.25) is 4.99 Å². The molecule has 0 saturated carbocycles. The van der Waals surface area contributed by atoms with Gasteiger partial charge in [0.15, 0.2) is 0 Å². The maximum atomic E-state index is 5.91. The number of rotatable bonds is 8. The molecule has 1 aliphatic rings. The van der Waals surface area contributed by atoms with E-state index in [2.05, 4.69) is 29.0 Å². The lowest BCUT2D eigenvalue weighted by Gasteiger charge is -2.24. The first kappa shape index (κ1) is 14.2. The zero-order valence-electron chi connectivity index (χ0n) is 11.4. The zero-order valence-corrected chi connectivity index (χ0v) is 11.4. The van der Waals surface area contributed by atoms with E-state index in [-0.39, 0.29) is 6.17 Å². The van der Waals surface area contributed by atoms with Crippen LogP contribution in [0.4, 0.5) is 0 Å². The van der Waals surface area contributed by atoms with Crippen molar-refractivity contribution in [2.75, 3.05) is 13.1 Å². The summed E-state index contributed by atoms with van der Waals surface area (Å²) in [6, 6.07) is 0. The minimum atomic E-state index is 0.112. The van der Waals surface area contributed by atoms with Crippen LogP contribution in [0.25, 0.3) is 0 Å². The monoisotopic (exact) mass is 237 g/mol. The van der Waals surface area contributed by atoms with Crippen molar-refractivity contribution in [1.82, 2.24) is 4.90 Å². The Labute approximate surface area is 106 Å². The third kappa shape index (κ3) is 5.35. The highest BCUT2D eigenvalue weighted by Gasteiger charge is 2.18. The van der Waals surface area contributed by atoms with E-state index < -0.39 is 0 Å². The Morgan fingerprint density at radius 3 is 2.82 bits per heavy atom. The quantitative estimate of drug-likeness (QED) is 0.521. The molecule has 3 heteroatoms. The molecule has 1 rings (SSSR count). The summed E-state index contributed by atoms with van der Waals surface area (Å²) < 4.78 is 0. The van der Waals surface area contributed by atoms with Gasteiger partial charge in [-0.05, 0) is 32.6 Å². The number of nitrogens with two attached hydrogens (primary N) is 1. The number of nitrogens with zero attached hydrogens (tertiary/aromatic N) is 2. The molecule has 0 aliphatic carbocycles. The Bertz CT molecular complexity index is 256. The van der Waals surface area contributed by atoms with Crippen LogP contribution < -0.4 is 5.73 Å². The first-order valence-electron chi connectivity index (χ1n) is 6.96. The topological polar surface area (TPSA) is 41.6 Å². The normalized spacial score (nSPS) is 17.8. The summed E-state index contributed by atoms with van der Waals surface area (Å²) in [7, 11) is 0. The zero-order chi connectivity index (χ0) is 12.5. The van der Waals surface area contributed by atoms with Crippen LogP contribution in [0.15, 0.2) is 17.1 Å². The van der Waals surface area contributed by atoms with Crippen LogP contribution in [0.3, 0.4) is 0 Å². The van der Waals surface area contributed by atoms with E-state index in [1.807, 2.05) is 6.92 Å². The lowest BCUT2D eigenvalue weighted by Crippen LogP contribution is -2.41. The summed E-state index contributed by atoms with van der Waals surface area (Å²) in [5.74, 6) is 1.22. The molecule has 0 spiro atoms. The minimum Gasteiger partial charge on any atom is -0.343 e. The lowest BCUT2D eigenvalue weighted by atomic mass is 10.1. The molecule has 1 heterocycles. The van der Waals surface area contributed by atoms with Crippen LogP contribution in [0.5, 0.6) is 0 Å². The molecule has 0 aromatic rings. The summed E-state index contributed by atoms with van der Waals surface area (Å²) in [5, 5.41) is 0. The van der Waals surface area contributed by atoms with Gasteiger partial charge in [-0.1, -0.05) is 25.5 Å². The number of amidine groups is 1. The van der Waals surface area contributed by atoms with Gasteiger partial charge in [-0.25, -0.2) is 0 Å². The van der Waals surface area contributed by atoms with Crippen molar-refractivity contribution >= 4 is 5.84 Å². The van der Waals surface area contributed by atoms with E-state index in [9.17, 15) is 0 Å². The molecule has 1 atom stereocenters. The molecule has 3 nitrogen and oxygen atoms in total. The maximum absolute atomic E-state index is 5.91. The molecule has 0 amide bonds. The summed E-state index contributed by atoms with van der Waals surface area (Å²) in [6.07, 6.45) is 11.9. The molecule has 0 aromatic carbocycles. The molecular weight excluding hydrogens is 210 g/mol. The Kier molecular flexibility index (Phi) is 6.94. The van der Waals surface area contributed by atoms with Gasteiger partial charge in [0.1, 0.15) is 5.84 Å². The third-order valence-corrected chi connectivity index (χ3v) is 3.10. The van der Waals surface area contributed by atoms with E-state index >= 15 is 0 Å². The molecule has 0 fully saturated rings. The van der Waals surface area contributed by atoms with Gasteiger partial charge in [0.25, 0.3) is 0 Å². The number of aliphatic imine (C=N–C) groups is 1. The van der Waals surface area contributed by atoms with E-state index in [0.29, 0.717) is 0 Å². The van der Waals surface area contributed by atoms with Crippen molar-refractivity contribution in [3.63, 3.8) is 0 Å². The van der Waals surface area contributed by atoms with Crippen LogP contribution >= 0.6 is 0 Å². The largest absolute Gasteiger partial charge is 0.343 e. The van der Waals surface area contributed by atoms with Crippen molar-refractivity contribution < 1.29 is 0 Å². The van der Waals surface area contributed by atoms with Crippen LogP contribution in [-0.4, -0.2) is 30.0 Å². The van der Waals surface area contributed by atoms with Crippen molar-refractivity contribution in [2.24, 2.45) is 10.7 Å². The van der Waals surface area contributed by atoms with Gasteiger partial charge in [0.2, 0.25) is 0 Å². The van der Waals surface area contributed by atoms with Crippen LogP contribution in [0.1, 0.15) is 52.4 Å². The Hall–Kier alpha value is -0.830. The molecule has 98 valence electrons. The first-order chi connectivity index (χ1) is 8.25. The fraction of sp³-hybridized carbons (Fsp3) is 0.786. The SMILES string of the molecule is CCC/C=C/CCCCC1=NCCN1C(C)N. The predicted molar refractivity (Wildman–Crippen MR) is 75.2 cm³/mol. The number of hydrogen-bond acceptors (Lipinski definition) is 3. The fourth-order valence-corrected chi connectivity index (χ4v) is 2.12. The van der Waals surface area contributed by atoms with E-state index in [0.717, 1.165) is 19.5 Å². The summed E-state index contributed by atoms with van der Waals surface area (Å²) >= 11 is 0. The standard InChI is InChI=1S/C14H27N3/c1-3-4-5-6-7-8-9-10-14-16-11-12-17(14)13(2)15/h5-6,13H,3-4,7-12,15H2,1-2H3/b6-5+. The highest BCUT2D eigenvalue weighted by Crippen LogP contribution is 2.11. The number of unbranched alkanes of at least 4 members (excludes halogenated alkanes) is 3. The average molecular weight is 237 g/mol. The molecule has 1 aliphatic heterocycles. The lowest BCUT2D eigenvalue weighted by molar-refractivity contribution is 0.359. The van der Waals surface area contributed by atoms with Gasteiger partial charge in [-0.15, -0.1) is 0 Å². The Morgan fingerprint density at radius 2 is 2.12 bits per heavy atom. The highest BCUT2D eigenvalue weighted by atomic mass is 15.3. The van der Waals surface area contributed by atoms with E-state index in [4.69, 9.17) is 5.73 Å². The van der Waals surface area contributed by atoms with Crippen LogP contribution in [0.2, 0.25) is 0 Å². The second-order valence-corrected chi connectivity index (χ2v) is 4.74. The van der Waals surface area contributed by atoms with Crippen molar-refractivity contribution in [3.8, 4) is 0 Å². The summed E-state index contributed by atoms with van der Waals surface area (Å²) in [6.45, 7) is 6.18. The molecule has 2 N–H and O–H groups in total. The summed E-state index contributed by atoms with van der Waals surface area (Å²) in [5.41, 5.74) is 5.91. The fourth-order valence-electron chi connectivity index (χ4n) is 2.12. The van der Waals surface area contributed by atoms with Gasteiger partial charge >= 0.3 is 0 Å². The number of allylic oxidation sites excluding steroid dienone is 2. The minimum absolute atomic E-state index is 0.112. The van der Waals surface area contributed by atoms with Crippen molar-refractivity contribution in [1.29, 1.82) is 0 Å².